The number of nitrogens with one attached hydrogen (secondary N) is 2. The number of rotatable bonds is 4. The third kappa shape index (κ3) is 4.46. The number of furan rings is 1. The van der Waals surface area contributed by atoms with Gasteiger partial charge in [0.05, 0.1) is 10.9 Å². The first-order valence-corrected chi connectivity index (χ1v) is 9.73. The molecule has 1 fully saturated rings. The summed E-state index contributed by atoms with van der Waals surface area (Å²) in [5.41, 5.74) is 0. The van der Waals surface area contributed by atoms with Crippen LogP contribution in [0.3, 0.4) is 0 Å². The summed E-state index contributed by atoms with van der Waals surface area (Å²) in [6, 6.07) is 7.43. The zero-order valence-electron chi connectivity index (χ0n) is 15.4. The van der Waals surface area contributed by atoms with E-state index in [4.69, 9.17) is 4.42 Å². The summed E-state index contributed by atoms with van der Waals surface area (Å²) in [5, 5.41) is 6.05. The Bertz CT molecular complexity index is 775. The maximum atomic E-state index is 12.4. The van der Waals surface area contributed by atoms with Crippen LogP contribution in [0.4, 0.5) is 4.79 Å². The van der Waals surface area contributed by atoms with E-state index in [-0.39, 0.29) is 24.0 Å². The van der Waals surface area contributed by atoms with Gasteiger partial charge in [0.15, 0.2) is 0 Å². The van der Waals surface area contributed by atoms with E-state index < -0.39 is 0 Å². The van der Waals surface area contributed by atoms with Crippen molar-refractivity contribution in [3.8, 4) is 0 Å². The lowest BCUT2D eigenvalue weighted by Gasteiger charge is -2.33. The second kappa shape index (κ2) is 7.95. The molecule has 0 aromatic carbocycles. The number of hydrogen-bond donors (Lipinski definition) is 2. The number of amides is 3. The van der Waals surface area contributed by atoms with Crippen molar-refractivity contribution < 1.29 is 14.0 Å². The summed E-state index contributed by atoms with van der Waals surface area (Å²) < 4.78 is 5.56. The Morgan fingerprint density at radius 1 is 1.19 bits per heavy atom. The number of likely N-dealkylation sites (tertiary alicyclic amines) is 1. The molecule has 2 aromatic heterocycles. The molecule has 2 aromatic rings. The van der Waals surface area contributed by atoms with Crippen LogP contribution in [0.2, 0.25) is 0 Å². The van der Waals surface area contributed by atoms with Gasteiger partial charge in [-0.15, -0.1) is 11.3 Å². The number of thiophene rings is 1. The van der Waals surface area contributed by atoms with Gasteiger partial charge in [0.1, 0.15) is 11.5 Å². The lowest BCUT2D eigenvalue weighted by Crippen LogP contribution is -2.49. The Kier molecular flexibility index (Phi) is 5.66. The Labute approximate surface area is 157 Å². The highest BCUT2D eigenvalue weighted by Crippen LogP contribution is 2.18. The van der Waals surface area contributed by atoms with Crippen LogP contribution < -0.4 is 10.6 Å². The van der Waals surface area contributed by atoms with Gasteiger partial charge in [-0.25, -0.2) is 4.79 Å². The third-order valence-corrected chi connectivity index (χ3v) is 5.61. The molecule has 1 aliphatic heterocycles. The molecule has 1 atom stereocenters. The largest absolute Gasteiger partial charge is 0.464 e. The van der Waals surface area contributed by atoms with E-state index in [9.17, 15) is 9.59 Å². The smallest absolute Gasteiger partial charge is 0.317 e. The zero-order chi connectivity index (χ0) is 18.7. The van der Waals surface area contributed by atoms with Crippen molar-refractivity contribution in [3.05, 3.63) is 45.5 Å². The fraction of sp³-hybridized carbons (Fsp3) is 0.474. The van der Waals surface area contributed by atoms with E-state index in [1.54, 1.807) is 4.90 Å². The number of piperidine rings is 1. The van der Waals surface area contributed by atoms with Crippen LogP contribution in [-0.4, -0.2) is 36.0 Å². The van der Waals surface area contributed by atoms with Gasteiger partial charge in [-0.3, -0.25) is 4.79 Å². The number of aryl methyl sites for hydroxylation is 2. The summed E-state index contributed by atoms with van der Waals surface area (Å²) in [5.74, 6) is 1.57. The van der Waals surface area contributed by atoms with Crippen molar-refractivity contribution in [3.63, 3.8) is 0 Å². The molecule has 0 unspecified atom stereocenters. The monoisotopic (exact) mass is 375 g/mol. The first-order chi connectivity index (χ1) is 12.4. The number of carbonyl (C=O) groups is 2. The second-order valence-electron chi connectivity index (χ2n) is 6.76. The quantitative estimate of drug-likeness (QED) is 0.857. The summed E-state index contributed by atoms with van der Waals surface area (Å²) in [6.07, 6.45) is 1.52. The standard InChI is InChI=1S/C19H25N3O3S/c1-12-4-6-16(25-12)14(3)20-19(24)22-10-8-15(9-11-22)21-18(23)17-7-5-13(2)26-17/h4-7,14-15H,8-11H2,1-3H3,(H,20,24)(H,21,23)/t14-/m0/s1. The van der Waals surface area contributed by atoms with E-state index in [1.807, 2.05) is 45.0 Å². The lowest BCUT2D eigenvalue weighted by atomic mass is 10.1. The van der Waals surface area contributed by atoms with Gasteiger partial charge in [0, 0.05) is 24.0 Å². The molecule has 3 amide bonds. The van der Waals surface area contributed by atoms with Crippen molar-refractivity contribution in [1.82, 2.24) is 15.5 Å². The maximum Gasteiger partial charge on any atom is 0.317 e. The molecule has 0 bridgehead atoms. The van der Waals surface area contributed by atoms with E-state index in [1.165, 1.54) is 11.3 Å². The summed E-state index contributed by atoms with van der Waals surface area (Å²) in [7, 11) is 0. The molecule has 0 saturated carbocycles. The van der Waals surface area contributed by atoms with Gasteiger partial charge in [0.25, 0.3) is 5.91 Å². The lowest BCUT2D eigenvalue weighted by molar-refractivity contribution is 0.0921. The van der Waals surface area contributed by atoms with Crippen LogP contribution >= 0.6 is 11.3 Å². The Balaban J connectivity index is 1.45. The highest BCUT2D eigenvalue weighted by Gasteiger charge is 2.25. The summed E-state index contributed by atoms with van der Waals surface area (Å²) in [4.78, 5) is 28.3. The van der Waals surface area contributed by atoms with Gasteiger partial charge in [-0.05, 0) is 57.9 Å². The molecule has 2 N–H and O–H groups in total. The maximum absolute atomic E-state index is 12.4. The molecule has 0 spiro atoms. The predicted octanol–water partition coefficient (Wildman–Crippen LogP) is 3.62. The molecular weight excluding hydrogens is 350 g/mol. The minimum Gasteiger partial charge on any atom is -0.464 e. The van der Waals surface area contributed by atoms with Crippen LogP contribution in [0.25, 0.3) is 0 Å². The first-order valence-electron chi connectivity index (χ1n) is 8.91. The highest BCUT2D eigenvalue weighted by molar-refractivity contribution is 7.13. The van der Waals surface area contributed by atoms with E-state index in [2.05, 4.69) is 10.6 Å². The van der Waals surface area contributed by atoms with Crippen LogP contribution in [0.5, 0.6) is 0 Å². The SMILES string of the molecule is Cc1ccc([C@H](C)NC(=O)N2CCC(NC(=O)c3ccc(C)s3)CC2)o1. The Hall–Kier alpha value is -2.28. The summed E-state index contributed by atoms with van der Waals surface area (Å²) in [6.45, 7) is 7.04. The van der Waals surface area contributed by atoms with E-state index >= 15 is 0 Å². The van der Waals surface area contributed by atoms with Crippen LogP contribution in [0, 0.1) is 13.8 Å². The van der Waals surface area contributed by atoms with Gasteiger partial charge in [-0.2, -0.15) is 0 Å². The van der Waals surface area contributed by atoms with Gasteiger partial charge in [-0.1, -0.05) is 0 Å². The molecule has 3 heterocycles. The van der Waals surface area contributed by atoms with E-state index in [0.29, 0.717) is 13.1 Å². The number of urea groups is 1. The molecule has 1 saturated heterocycles. The van der Waals surface area contributed by atoms with Crippen molar-refractivity contribution in [2.45, 2.75) is 45.7 Å². The van der Waals surface area contributed by atoms with Crippen LogP contribution in [0.15, 0.2) is 28.7 Å². The average molecular weight is 375 g/mol. The molecule has 7 heteroatoms. The van der Waals surface area contributed by atoms with E-state index in [0.717, 1.165) is 34.1 Å². The second-order valence-corrected chi connectivity index (χ2v) is 8.05. The number of carbonyl (C=O) groups excluding carboxylic acids is 2. The van der Waals surface area contributed by atoms with Crippen molar-refractivity contribution in [2.24, 2.45) is 0 Å². The molecule has 0 radical (unpaired) electrons. The topological polar surface area (TPSA) is 74.6 Å². The average Bonchev–Trinajstić information content (AvgIpc) is 3.24. The Morgan fingerprint density at radius 3 is 2.50 bits per heavy atom. The molecule has 6 nitrogen and oxygen atoms in total. The minimum atomic E-state index is -0.171. The van der Waals surface area contributed by atoms with Crippen molar-refractivity contribution in [2.75, 3.05) is 13.1 Å². The predicted molar refractivity (Wildman–Crippen MR) is 102 cm³/mol. The van der Waals surface area contributed by atoms with Gasteiger partial charge < -0.3 is 20.0 Å². The van der Waals surface area contributed by atoms with Crippen molar-refractivity contribution >= 4 is 23.3 Å². The third-order valence-electron chi connectivity index (χ3n) is 4.61. The minimum absolute atomic E-state index is 0.0205. The fourth-order valence-electron chi connectivity index (χ4n) is 3.07. The van der Waals surface area contributed by atoms with Gasteiger partial charge in [0.2, 0.25) is 0 Å². The van der Waals surface area contributed by atoms with Crippen LogP contribution in [-0.2, 0) is 0 Å². The number of hydrogen-bond acceptors (Lipinski definition) is 4. The highest BCUT2D eigenvalue weighted by atomic mass is 32.1. The van der Waals surface area contributed by atoms with Gasteiger partial charge >= 0.3 is 6.03 Å². The molecular formula is C19H25N3O3S. The summed E-state index contributed by atoms with van der Waals surface area (Å²) >= 11 is 1.50. The van der Waals surface area contributed by atoms with Crippen LogP contribution in [0.1, 0.15) is 51.9 Å². The van der Waals surface area contributed by atoms with Crippen molar-refractivity contribution in [1.29, 1.82) is 0 Å². The molecule has 140 valence electrons. The molecule has 3 rings (SSSR count). The zero-order valence-corrected chi connectivity index (χ0v) is 16.2. The number of nitrogens with zero attached hydrogens (tertiary/aromatic N) is 1. The Morgan fingerprint density at radius 2 is 1.92 bits per heavy atom. The normalized spacial score (nSPS) is 16.3. The molecule has 1 aliphatic rings. The molecule has 26 heavy (non-hydrogen) atoms. The first kappa shape index (κ1) is 18.5. The molecule has 0 aliphatic carbocycles. The fourth-order valence-corrected chi connectivity index (χ4v) is 3.84.